The van der Waals surface area contributed by atoms with Crippen LogP contribution in [0.2, 0.25) is 0 Å². The molecule has 1 aliphatic rings. The summed E-state index contributed by atoms with van der Waals surface area (Å²) >= 11 is 5.88. The first-order chi connectivity index (χ1) is 18.8. The van der Waals surface area contributed by atoms with Crippen LogP contribution in [0.25, 0.3) is 0 Å². The molecule has 14 heteroatoms. The molecule has 40 heavy (non-hydrogen) atoms. The fourth-order valence-corrected chi connectivity index (χ4v) is 4.05. The number of aromatic hydroxyl groups is 3. The Kier molecular flexibility index (Phi) is 13.2. The molecule has 4 rings (SSSR count). The lowest BCUT2D eigenvalue weighted by molar-refractivity contribution is -0.123. The number of nitrogens with one attached hydrogen (secondary N) is 1. The van der Waals surface area contributed by atoms with Crippen LogP contribution in [0.5, 0.6) is 17.2 Å². The summed E-state index contributed by atoms with van der Waals surface area (Å²) in [5, 5.41) is 39.0. The van der Waals surface area contributed by atoms with Crippen molar-refractivity contribution < 1.29 is 44.3 Å². The Labute approximate surface area is 270 Å². The number of hydrogen-bond donors (Lipinski definition) is 5. The number of benzene rings is 3. The minimum Gasteiger partial charge on any atom is -0.507 e. The number of ether oxygens (including phenoxy) is 1. The average molecular weight is 888 g/mol. The molecule has 0 spiro atoms. The number of phenolic OH excluding ortho intramolecular Hbond substituents is 3. The van der Waals surface area contributed by atoms with Gasteiger partial charge in [0.15, 0.2) is 0 Å². The molecule has 5 N–H and O–H groups in total. The zero-order valence-corrected chi connectivity index (χ0v) is 27.2. The highest BCUT2D eigenvalue weighted by Crippen LogP contribution is 2.22. The fourth-order valence-electron chi connectivity index (χ4n) is 3.04. The van der Waals surface area contributed by atoms with Crippen molar-refractivity contribution >= 4 is 91.5 Å². The number of carboxylic acids is 1. The second-order valence-electron chi connectivity index (χ2n) is 7.87. The van der Waals surface area contributed by atoms with Gasteiger partial charge in [-0.2, -0.15) is 0 Å². The van der Waals surface area contributed by atoms with Crippen molar-refractivity contribution in [1.29, 1.82) is 0 Å². The van der Waals surface area contributed by atoms with Gasteiger partial charge in [0.25, 0.3) is 5.91 Å². The van der Waals surface area contributed by atoms with Gasteiger partial charge in [-0.05, 0) is 122 Å². The number of rotatable bonds is 3. The SMILES string of the molecule is COC(=O)c1ccc(I)c(O)c1.O=C(O)c1ccc(I)c(O)c1.O=C1CN(C(=O)c2ccc(I)c(O)c2)CCN1. The summed E-state index contributed by atoms with van der Waals surface area (Å²) < 4.78 is 6.52. The Morgan fingerprint density at radius 3 is 1.70 bits per heavy atom. The number of carbonyl (C=O) groups excluding carboxylic acids is 3. The molecule has 0 atom stereocenters. The molecule has 0 aromatic heterocycles. The van der Waals surface area contributed by atoms with Crippen molar-refractivity contribution in [2.45, 2.75) is 0 Å². The fraction of sp³-hybridized carbons (Fsp3) is 0.154. The highest BCUT2D eigenvalue weighted by atomic mass is 127. The third-order valence-corrected chi connectivity index (χ3v) is 7.82. The average Bonchev–Trinajstić information content (AvgIpc) is 2.93. The Morgan fingerprint density at radius 2 is 1.25 bits per heavy atom. The van der Waals surface area contributed by atoms with Gasteiger partial charge >= 0.3 is 11.9 Å². The van der Waals surface area contributed by atoms with Crippen LogP contribution in [0.3, 0.4) is 0 Å². The smallest absolute Gasteiger partial charge is 0.337 e. The van der Waals surface area contributed by atoms with E-state index in [9.17, 15) is 29.4 Å². The zero-order valence-electron chi connectivity index (χ0n) is 20.7. The standard InChI is InChI=1S/C11H11IN2O3.C8H7IO3.C7H5IO3/c12-8-2-1-7(5-9(8)15)11(17)14-4-3-13-10(16)6-14;1-12-8(11)5-2-3-6(9)7(10)4-5;8-5-2-1-4(7(10)11)3-6(5)9/h1-2,5,15H,3-4,6H2,(H,13,16);2-4,10H,1H3;1-3,9H,(H,10,11). The predicted octanol–water partition coefficient (Wildman–Crippen LogP) is 4.05. The number of carboxylic acid groups (broad SMARTS) is 1. The van der Waals surface area contributed by atoms with E-state index in [1.807, 2.05) is 67.8 Å². The number of piperazine rings is 1. The van der Waals surface area contributed by atoms with E-state index in [-0.39, 0.29) is 41.2 Å². The molecule has 1 fully saturated rings. The van der Waals surface area contributed by atoms with E-state index in [4.69, 9.17) is 10.2 Å². The van der Waals surface area contributed by atoms with Crippen LogP contribution in [-0.4, -0.2) is 75.8 Å². The van der Waals surface area contributed by atoms with Gasteiger partial charge in [0.2, 0.25) is 5.91 Å². The highest BCUT2D eigenvalue weighted by molar-refractivity contribution is 14.1. The van der Waals surface area contributed by atoms with Crippen molar-refractivity contribution in [3.8, 4) is 17.2 Å². The first-order valence-electron chi connectivity index (χ1n) is 11.2. The molecule has 0 unspecified atom stereocenters. The van der Waals surface area contributed by atoms with Crippen molar-refractivity contribution in [3.63, 3.8) is 0 Å². The molecule has 0 bridgehead atoms. The monoisotopic (exact) mass is 888 g/mol. The summed E-state index contributed by atoms with van der Waals surface area (Å²) in [6.45, 7) is 1.05. The number of carbonyl (C=O) groups is 4. The van der Waals surface area contributed by atoms with Crippen LogP contribution in [0.1, 0.15) is 31.1 Å². The number of methoxy groups -OCH3 is 1. The van der Waals surface area contributed by atoms with Gasteiger partial charge in [-0.25, -0.2) is 9.59 Å². The first kappa shape index (κ1) is 33.3. The number of aromatic carboxylic acids is 1. The minimum atomic E-state index is -1.03. The summed E-state index contributed by atoms with van der Waals surface area (Å²) in [6, 6.07) is 13.6. The van der Waals surface area contributed by atoms with Crippen LogP contribution < -0.4 is 5.32 Å². The number of amides is 2. The number of hydrogen-bond acceptors (Lipinski definition) is 8. The molecule has 0 radical (unpaired) electrons. The van der Waals surface area contributed by atoms with Gasteiger partial charge in [0, 0.05) is 18.7 Å². The number of halogens is 3. The summed E-state index contributed by atoms with van der Waals surface area (Å²) in [5.41, 5.74) is 0.857. The lowest BCUT2D eigenvalue weighted by atomic mass is 10.1. The summed E-state index contributed by atoms with van der Waals surface area (Å²) in [5.74, 6) is -1.67. The van der Waals surface area contributed by atoms with Crippen LogP contribution in [-0.2, 0) is 9.53 Å². The van der Waals surface area contributed by atoms with E-state index in [0.29, 0.717) is 34.9 Å². The largest absolute Gasteiger partial charge is 0.507 e. The summed E-state index contributed by atoms with van der Waals surface area (Å²) in [6.07, 6.45) is 0. The topological polar surface area (TPSA) is 174 Å². The Hall–Kier alpha value is -2.87. The maximum Gasteiger partial charge on any atom is 0.337 e. The summed E-state index contributed by atoms with van der Waals surface area (Å²) in [4.78, 5) is 46.0. The van der Waals surface area contributed by atoms with E-state index in [1.54, 1.807) is 30.3 Å². The van der Waals surface area contributed by atoms with Crippen molar-refractivity contribution in [1.82, 2.24) is 10.2 Å². The quantitative estimate of drug-likeness (QED) is 0.192. The van der Waals surface area contributed by atoms with Gasteiger partial charge in [-0.1, -0.05) is 0 Å². The molecule has 11 nitrogen and oxygen atoms in total. The molecule has 3 aromatic rings. The van der Waals surface area contributed by atoms with Gasteiger partial charge < -0.3 is 35.4 Å². The maximum atomic E-state index is 12.0. The van der Waals surface area contributed by atoms with E-state index in [0.717, 1.165) is 0 Å². The van der Waals surface area contributed by atoms with Crippen LogP contribution in [0.15, 0.2) is 54.6 Å². The molecule has 0 saturated carbocycles. The van der Waals surface area contributed by atoms with E-state index >= 15 is 0 Å². The molecule has 1 aliphatic heterocycles. The third kappa shape index (κ3) is 9.95. The Morgan fingerprint density at radius 1 is 0.800 bits per heavy atom. The molecule has 1 heterocycles. The van der Waals surface area contributed by atoms with Gasteiger partial charge in [0.05, 0.1) is 35.5 Å². The molecule has 2 amide bonds. The molecule has 3 aromatic carbocycles. The number of nitrogens with zero attached hydrogens (tertiary/aromatic N) is 1. The van der Waals surface area contributed by atoms with Crippen molar-refractivity contribution in [3.05, 3.63) is 82.0 Å². The second kappa shape index (κ2) is 15.8. The normalized spacial score (nSPS) is 12.1. The molecular formula is C26H23I3N2O9. The number of phenols is 3. The predicted molar refractivity (Wildman–Crippen MR) is 170 cm³/mol. The molecule has 1 saturated heterocycles. The van der Waals surface area contributed by atoms with E-state index in [1.165, 1.54) is 36.3 Å². The summed E-state index contributed by atoms with van der Waals surface area (Å²) in [7, 11) is 1.30. The van der Waals surface area contributed by atoms with Gasteiger partial charge in [-0.15, -0.1) is 0 Å². The van der Waals surface area contributed by atoms with Crippen LogP contribution in [0, 0.1) is 10.7 Å². The molecular weight excluding hydrogens is 865 g/mol. The van der Waals surface area contributed by atoms with Crippen molar-refractivity contribution in [2.75, 3.05) is 26.7 Å². The zero-order chi connectivity index (χ0) is 30.0. The van der Waals surface area contributed by atoms with E-state index < -0.39 is 11.9 Å². The Bertz CT molecular complexity index is 1420. The highest BCUT2D eigenvalue weighted by Gasteiger charge is 2.22. The lowest BCUT2D eigenvalue weighted by Crippen LogP contribution is -2.49. The number of esters is 1. The Balaban J connectivity index is 0.000000217. The first-order valence-corrected chi connectivity index (χ1v) is 14.4. The molecule has 0 aliphatic carbocycles. The van der Waals surface area contributed by atoms with E-state index in [2.05, 4.69) is 10.1 Å². The molecule has 212 valence electrons. The van der Waals surface area contributed by atoms with Crippen molar-refractivity contribution in [2.24, 2.45) is 0 Å². The second-order valence-corrected chi connectivity index (χ2v) is 11.4. The third-order valence-electron chi connectivity index (χ3n) is 5.08. The van der Waals surface area contributed by atoms with Gasteiger partial charge in [0.1, 0.15) is 17.2 Å². The maximum absolute atomic E-state index is 12.0. The van der Waals surface area contributed by atoms with Crippen LogP contribution in [0.4, 0.5) is 0 Å². The lowest BCUT2D eigenvalue weighted by Gasteiger charge is -2.26. The van der Waals surface area contributed by atoms with Crippen LogP contribution >= 0.6 is 67.8 Å². The minimum absolute atomic E-state index is 0.00509. The van der Waals surface area contributed by atoms with Gasteiger partial charge in [-0.3, -0.25) is 9.59 Å².